The van der Waals surface area contributed by atoms with Crippen molar-refractivity contribution in [3.63, 3.8) is 0 Å². The largest absolute Gasteiger partial charge is 0.481 e. The minimum absolute atomic E-state index is 0.125. The minimum atomic E-state index is -0.833. The molecule has 0 aromatic carbocycles. The lowest BCUT2D eigenvalue weighted by atomic mass is 9.70. The highest BCUT2D eigenvalue weighted by molar-refractivity contribution is 5.66. The van der Waals surface area contributed by atoms with Crippen molar-refractivity contribution in [2.45, 2.75) is 60.0 Å². The number of ether oxygens (including phenoxy) is 1. The maximum Gasteiger partial charge on any atom is 0.302 e. The van der Waals surface area contributed by atoms with Crippen molar-refractivity contribution >= 4 is 11.9 Å². The Balaban J connectivity index is 0.000000357. The predicted molar refractivity (Wildman–Crippen MR) is 68.1 cm³/mol. The number of carboxylic acids is 1. The molecule has 2 saturated carbocycles. The molecular formula is C14H24O4. The fourth-order valence-electron chi connectivity index (χ4n) is 3.51. The van der Waals surface area contributed by atoms with Gasteiger partial charge in [0, 0.05) is 19.3 Å². The monoisotopic (exact) mass is 256 g/mol. The highest BCUT2D eigenvalue weighted by Crippen LogP contribution is 2.66. The van der Waals surface area contributed by atoms with E-state index in [1.807, 2.05) is 0 Å². The van der Waals surface area contributed by atoms with Gasteiger partial charge in [0.25, 0.3) is 5.97 Å². The van der Waals surface area contributed by atoms with Gasteiger partial charge in [0.2, 0.25) is 0 Å². The SMILES string of the molecule is CC(=O)O.CC(=O)O[C@H]1C[C@@H]2CC[C@@]1(C)C2(C)C. The van der Waals surface area contributed by atoms with E-state index < -0.39 is 5.97 Å². The van der Waals surface area contributed by atoms with E-state index in [2.05, 4.69) is 20.8 Å². The zero-order valence-electron chi connectivity index (χ0n) is 11.9. The lowest BCUT2D eigenvalue weighted by Gasteiger charge is -2.38. The predicted octanol–water partition coefficient (Wildman–Crippen LogP) is 2.86. The van der Waals surface area contributed by atoms with Crippen LogP contribution in [0.15, 0.2) is 0 Å². The first-order chi connectivity index (χ1) is 8.11. The van der Waals surface area contributed by atoms with E-state index in [4.69, 9.17) is 14.6 Å². The van der Waals surface area contributed by atoms with E-state index in [0.717, 1.165) is 19.3 Å². The highest BCUT2D eigenvalue weighted by Gasteiger charge is 2.62. The number of rotatable bonds is 1. The quantitative estimate of drug-likeness (QED) is 0.733. The second-order valence-electron chi connectivity index (χ2n) is 6.23. The summed E-state index contributed by atoms with van der Waals surface area (Å²) in [5.41, 5.74) is 0.552. The molecule has 0 aliphatic heterocycles. The summed E-state index contributed by atoms with van der Waals surface area (Å²) in [6.07, 6.45) is 3.75. The van der Waals surface area contributed by atoms with Gasteiger partial charge < -0.3 is 9.84 Å². The van der Waals surface area contributed by atoms with Crippen molar-refractivity contribution < 1.29 is 19.4 Å². The second-order valence-corrected chi connectivity index (χ2v) is 6.23. The zero-order valence-corrected chi connectivity index (χ0v) is 11.9. The molecular weight excluding hydrogens is 232 g/mol. The van der Waals surface area contributed by atoms with E-state index >= 15 is 0 Å². The number of hydrogen-bond donors (Lipinski definition) is 1. The molecule has 2 rings (SSSR count). The van der Waals surface area contributed by atoms with Gasteiger partial charge in [-0.3, -0.25) is 9.59 Å². The molecule has 1 N–H and O–H groups in total. The van der Waals surface area contributed by atoms with Crippen LogP contribution in [0.5, 0.6) is 0 Å². The summed E-state index contributed by atoms with van der Waals surface area (Å²) < 4.78 is 5.44. The van der Waals surface area contributed by atoms with Gasteiger partial charge in [-0.15, -0.1) is 0 Å². The summed E-state index contributed by atoms with van der Waals surface area (Å²) >= 11 is 0. The summed E-state index contributed by atoms with van der Waals surface area (Å²) in [5.74, 6) is -0.212. The standard InChI is InChI=1S/C12H20O2.C2H4O2/c1-8(13)14-10-7-9-5-6-12(10,4)11(9,2)3;1-2(3)4/h9-10H,5-7H2,1-4H3;1H3,(H,3,4)/t9-,10-,12+;/m0./s1. The summed E-state index contributed by atoms with van der Waals surface area (Å²) in [6, 6.07) is 0. The second kappa shape index (κ2) is 4.90. The molecule has 104 valence electrons. The van der Waals surface area contributed by atoms with Crippen LogP contribution in [0.3, 0.4) is 0 Å². The smallest absolute Gasteiger partial charge is 0.302 e. The van der Waals surface area contributed by atoms with Gasteiger partial charge >= 0.3 is 5.97 Å². The van der Waals surface area contributed by atoms with Crippen molar-refractivity contribution in [1.82, 2.24) is 0 Å². The Hall–Kier alpha value is -1.06. The summed E-state index contributed by atoms with van der Waals surface area (Å²) in [6.45, 7) is 9.54. The Labute approximate surface area is 109 Å². The molecule has 0 radical (unpaired) electrons. The normalized spacial score (nSPS) is 35.6. The average molecular weight is 256 g/mol. The molecule has 0 spiro atoms. The summed E-state index contributed by atoms with van der Waals surface area (Å²) in [7, 11) is 0. The van der Waals surface area contributed by atoms with Crippen LogP contribution in [-0.2, 0) is 14.3 Å². The highest BCUT2D eigenvalue weighted by atomic mass is 16.5. The van der Waals surface area contributed by atoms with Gasteiger partial charge in [-0.25, -0.2) is 0 Å². The Morgan fingerprint density at radius 1 is 1.22 bits per heavy atom. The third-order valence-corrected chi connectivity index (χ3v) is 5.02. The number of carbonyl (C=O) groups is 2. The van der Waals surface area contributed by atoms with Crippen LogP contribution in [0.1, 0.15) is 53.9 Å². The van der Waals surface area contributed by atoms with Crippen molar-refractivity contribution in [1.29, 1.82) is 0 Å². The summed E-state index contributed by atoms with van der Waals surface area (Å²) in [5, 5.41) is 7.42. The molecule has 18 heavy (non-hydrogen) atoms. The van der Waals surface area contributed by atoms with Crippen LogP contribution in [0.4, 0.5) is 0 Å². The van der Waals surface area contributed by atoms with Crippen LogP contribution >= 0.6 is 0 Å². The Morgan fingerprint density at radius 3 is 2.00 bits per heavy atom. The molecule has 4 nitrogen and oxygen atoms in total. The van der Waals surface area contributed by atoms with E-state index in [9.17, 15) is 4.79 Å². The molecule has 0 saturated heterocycles. The van der Waals surface area contributed by atoms with Gasteiger partial charge in [-0.05, 0) is 30.6 Å². The molecule has 2 aliphatic carbocycles. The molecule has 0 unspecified atom stereocenters. The molecule has 0 amide bonds. The van der Waals surface area contributed by atoms with Crippen molar-refractivity contribution in [2.75, 3.05) is 0 Å². The molecule has 2 bridgehead atoms. The zero-order chi connectivity index (χ0) is 14.1. The van der Waals surface area contributed by atoms with Gasteiger partial charge in [0.05, 0.1) is 0 Å². The maximum atomic E-state index is 11.0. The lowest BCUT2D eigenvalue weighted by molar-refractivity contribution is -0.154. The molecule has 0 aromatic rings. The van der Waals surface area contributed by atoms with Crippen LogP contribution < -0.4 is 0 Å². The number of aliphatic carboxylic acids is 1. The first kappa shape index (κ1) is 15.0. The van der Waals surface area contributed by atoms with Gasteiger partial charge in [0.1, 0.15) is 6.10 Å². The van der Waals surface area contributed by atoms with E-state index in [-0.39, 0.29) is 17.5 Å². The van der Waals surface area contributed by atoms with E-state index in [1.54, 1.807) is 0 Å². The number of esters is 1. The van der Waals surface area contributed by atoms with E-state index in [0.29, 0.717) is 5.41 Å². The number of carboxylic acid groups (broad SMARTS) is 1. The first-order valence-corrected chi connectivity index (χ1v) is 6.48. The topological polar surface area (TPSA) is 63.6 Å². The van der Waals surface area contributed by atoms with Gasteiger partial charge in [-0.2, -0.15) is 0 Å². The lowest BCUT2D eigenvalue weighted by Crippen LogP contribution is -2.37. The molecule has 2 fully saturated rings. The fourth-order valence-corrected chi connectivity index (χ4v) is 3.51. The summed E-state index contributed by atoms with van der Waals surface area (Å²) in [4.78, 5) is 20.0. The first-order valence-electron chi connectivity index (χ1n) is 6.48. The van der Waals surface area contributed by atoms with Gasteiger partial charge in [0.15, 0.2) is 0 Å². The molecule has 2 aliphatic rings. The maximum absolute atomic E-state index is 11.0. The Morgan fingerprint density at radius 2 is 1.72 bits per heavy atom. The molecule has 0 aromatic heterocycles. The Bertz CT molecular complexity index is 344. The minimum Gasteiger partial charge on any atom is -0.481 e. The molecule has 4 heteroatoms. The molecule has 3 atom stereocenters. The van der Waals surface area contributed by atoms with Crippen LogP contribution in [0.2, 0.25) is 0 Å². The van der Waals surface area contributed by atoms with Crippen LogP contribution in [-0.4, -0.2) is 23.1 Å². The third-order valence-electron chi connectivity index (χ3n) is 5.02. The van der Waals surface area contributed by atoms with Crippen LogP contribution in [0, 0.1) is 16.7 Å². The van der Waals surface area contributed by atoms with Crippen molar-refractivity contribution in [3.05, 3.63) is 0 Å². The number of carbonyl (C=O) groups excluding carboxylic acids is 1. The van der Waals surface area contributed by atoms with Crippen molar-refractivity contribution in [3.8, 4) is 0 Å². The average Bonchev–Trinajstić information content (AvgIpc) is 2.48. The fraction of sp³-hybridized carbons (Fsp3) is 0.857. The third kappa shape index (κ3) is 2.52. The van der Waals surface area contributed by atoms with Crippen molar-refractivity contribution in [2.24, 2.45) is 16.7 Å². The van der Waals surface area contributed by atoms with Crippen LogP contribution in [0.25, 0.3) is 0 Å². The number of fused-ring (bicyclic) bond motifs is 2. The van der Waals surface area contributed by atoms with Gasteiger partial charge in [-0.1, -0.05) is 20.8 Å². The Kier molecular flexibility index (Phi) is 4.08. The number of hydrogen-bond acceptors (Lipinski definition) is 3. The molecule has 0 heterocycles. The van der Waals surface area contributed by atoms with E-state index in [1.165, 1.54) is 19.8 Å².